The topological polar surface area (TPSA) is 129 Å². The summed E-state index contributed by atoms with van der Waals surface area (Å²) in [4.78, 5) is 59.0. The summed E-state index contributed by atoms with van der Waals surface area (Å²) < 4.78 is 6.89. The fraction of sp³-hybridized carbons (Fsp3) is 0.132. The smallest absolute Gasteiger partial charge is 0.545 e. The van der Waals surface area contributed by atoms with E-state index in [9.17, 15) is 24.3 Å². The van der Waals surface area contributed by atoms with Gasteiger partial charge in [0.05, 0.1) is 18.1 Å². The maximum absolute atomic E-state index is 14.3. The van der Waals surface area contributed by atoms with Crippen molar-refractivity contribution in [1.82, 2.24) is 15.2 Å². The van der Waals surface area contributed by atoms with Gasteiger partial charge in [0.2, 0.25) is 5.91 Å². The Morgan fingerprint density at radius 2 is 1.51 bits per heavy atom. The predicted molar refractivity (Wildman–Crippen MR) is 191 cm³/mol. The van der Waals surface area contributed by atoms with Gasteiger partial charge < -0.3 is 20.0 Å². The third-order valence-corrected chi connectivity index (χ3v) is 11.7. The summed E-state index contributed by atoms with van der Waals surface area (Å²) in [5.74, 6) is -2.21. The van der Waals surface area contributed by atoms with Gasteiger partial charge in [0.25, 0.3) is 5.91 Å². The van der Waals surface area contributed by atoms with E-state index in [0.29, 0.717) is 20.7 Å². The van der Waals surface area contributed by atoms with E-state index in [4.69, 9.17) is 9.72 Å². The molecule has 1 aromatic heterocycles. The Kier molecular flexibility index (Phi) is 12.3. The van der Waals surface area contributed by atoms with Crippen LogP contribution in [0.3, 0.4) is 0 Å². The van der Waals surface area contributed by atoms with Crippen LogP contribution in [0.2, 0.25) is 0 Å². The van der Waals surface area contributed by atoms with Crippen molar-refractivity contribution in [3.05, 3.63) is 153 Å². The normalized spacial score (nSPS) is 16.5. The van der Waals surface area contributed by atoms with Crippen molar-refractivity contribution in [2.75, 3.05) is 5.75 Å². The molecule has 2 amide bonds. The molecule has 5 aromatic rings. The van der Waals surface area contributed by atoms with Gasteiger partial charge in [-0.05, 0) is 22.3 Å². The number of benzene rings is 4. The number of fused-ring (bicyclic) bond motifs is 1. The number of hydrogen-bond donors (Lipinski definition) is 1. The van der Waals surface area contributed by atoms with Crippen LogP contribution >= 0.6 is 34.9 Å². The largest absolute Gasteiger partial charge is 1.00 e. The summed E-state index contributed by atoms with van der Waals surface area (Å²) in [7, 11) is 0. The maximum atomic E-state index is 14.3. The van der Waals surface area contributed by atoms with Gasteiger partial charge in [-0.2, -0.15) is 0 Å². The summed E-state index contributed by atoms with van der Waals surface area (Å²) in [5, 5.41) is 15.4. The number of ether oxygens (including phenoxy) is 1. The average Bonchev–Trinajstić information content (AvgIpc) is 3.62. The van der Waals surface area contributed by atoms with Gasteiger partial charge in [-0.25, -0.2) is 9.78 Å². The van der Waals surface area contributed by atoms with Gasteiger partial charge >= 0.3 is 57.4 Å². The number of rotatable bonds is 11. The van der Waals surface area contributed by atoms with Crippen molar-refractivity contribution in [1.29, 1.82) is 0 Å². The Hall–Kier alpha value is -3.53. The van der Waals surface area contributed by atoms with Crippen LogP contribution in [0.15, 0.2) is 136 Å². The van der Waals surface area contributed by atoms with E-state index < -0.39 is 35.4 Å². The molecule has 13 heteroatoms. The third kappa shape index (κ3) is 8.42. The van der Waals surface area contributed by atoms with Crippen molar-refractivity contribution in [2.45, 2.75) is 28.3 Å². The fourth-order valence-corrected chi connectivity index (χ4v) is 9.19. The first-order valence-corrected chi connectivity index (χ1v) is 18.4. The number of nitrogens with zero attached hydrogens (tertiary/aromatic N) is 2. The van der Waals surface area contributed by atoms with Gasteiger partial charge in [0.1, 0.15) is 17.1 Å². The second kappa shape index (κ2) is 16.9. The van der Waals surface area contributed by atoms with Crippen molar-refractivity contribution >= 4 is 58.6 Å². The maximum Gasteiger partial charge on any atom is 1.00 e. The number of thioether (sulfide) groups is 2. The number of thiazole rings is 1. The van der Waals surface area contributed by atoms with E-state index in [0.717, 1.165) is 22.3 Å². The summed E-state index contributed by atoms with van der Waals surface area (Å²) >= 11 is 4.11. The average molecular weight is 758 g/mol. The Balaban J connectivity index is 0.00000448. The Morgan fingerprint density at radius 1 is 0.902 bits per heavy atom. The first-order valence-electron chi connectivity index (χ1n) is 15.6. The molecule has 1 saturated heterocycles. The van der Waals surface area contributed by atoms with Crippen LogP contribution < -0.4 is 61.8 Å². The number of esters is 1. The molecule has 0 spiro atoms. The van der Waals surface area contributed by atoms with E-state index in [2.05, 4.69) is 5.32 Å². The molecule has 2 aliphatic heterocycles. The summed E-state index contributed by atoms with van der Waals surface area (Å²) in [6.45, 7) is 0. The second-order valence-corrected chi connectivity index (χ2v) is 14.8. The van der Waals surface area contributed by atoms with Crippen LogP contribution in [-0.2, 0) is 25.5 Å². The van der Waals surface area contributed by atoms with Crippen LogP contribution in [-0.4, -0.2) is 50.8 Å². The molecule has 0 saturated carbocycles. The molecule has 9 nitrogen and oxygen atoms in total. The molecule has 2 aliphatic rings. The number of β-lactam (4-membered cyclic amide) rings is 1. The number of hydrogen-bond acceptors (Lipinski definition) is 10. The van der Waals surface area contributed by atoms with E-state index in [-0.39, 0.29) is 75.0 Å². The minimum atomic E-state index is -1.26. The van der Waals surface area contributed by atoms with E-state index in [1.807, 2.05) is 96.4 Å². The molecule has 250 valence electrons. The first-order chi connectivity index (χ1) is 24.4. The molecule has 0 aliphatic carbocycles. The quantitative estimate of drug-likeness (QED) is 0.123. The van der Waals surface area contributed by atoms with Gasteiger partial charge in [-0.15, -0.1) is 23.1 Å². The molecule has 1 N–H and O–H groups in total. The zero-order valence-electron chi connectivity index (χ0n) is 27.3. The molecular formula is C38H28KN3O6S3. The number of aromatic carboxylic acids is 1. The van der Waals surface area contributed by atoms with Gasteiger partial charge in [0.15, 0.2) is 10.4 Å². The van der Waals surface area contributed by atoms with E-state index >= 15 is 0 Å². The number of carbonyl (C=O) groups excluding carboxylic acids is 4. The standard InChI is InChI=1S/C38H29N3O6S3.K/c42-30(20-23-10-4-1-5-11-23)40-31-34(43)41-32(37(46)47-33(25-12-6-2-7-13-25)26-14-8-3-9-15-26)29(22-48-35(31)41)50-38-39-28(21-49-38)24-16-18-27(19-17-24)36(44)45;/h1-19,21,31,33,35H,20,22H2,(H,40,42)(H,44,45);/q;+1/p-1/t31-,35+;/m1./s1. The first kappa shape index (κ1) is 37.2. The number of amides is 2. The molecule has 7 rings (SSSR count). The number of nitrogens with one attached hydrogen (secondary N) is 1. The number of carbonyl (C=O) groups is 4. The number of carboxylic acids is 1. The Bertz CT molecular complexity index is 2040. The van der Waals surface area contributed by atoms with Gasteiger partial charge in [-0.1, -0.05) is 127 Å². The van der Waals surface area contributed by atoms with Crippen LogP contribution in [0, 0.1) is 0 Å². The number of carboxylic acid groups (broad SMARTS) is 1. The second-order valence-electron chi connectivity index (χ2n) is 11.5. The molecule has 4 aromatic carbocycles. The van der Waals surface area contributed by atoms with E-state index in [1.165, 1.54) is 51.9 Å². The SMILES string of the molecule is O=C(Cc1ccccc1)N[C@@H]1C(=O)N2C(C(=O)OC(c3ccccc3)c3ccccc3)=C(Sc3nc(-c4ccc(C(=O)[O-])cc4)cs3)CS[C@@H]12.[K+]. The minimum Gasteiger partial charge on any atom is -0.545 e. The molecule has 1 fully saturated rings. The number of aromatic nitrogens is 1. The zero-order valence-corrected chi connectivity index (χ0v) is 32.8. The van der Waals surface area contributed by atoms with Crippen molar-refractivity contribution < 1.29 is 80.4 Å². The molecule has 3 heterocycles. The van der Waals surface area contributed by atoms with Crippen molar-refractivity contribution in [2.24, 2.45) is 0 Å². The Labute approximate surface area is 349 Å². The van der Waals surface area contributed by atoms with E-state index in [1.54, 1.807) is 12.1 Å². The fourth-order valence-electron chi connectivity index (χ4n) is 5.73. The molecule has 0 bridgehead atoms. The predicted octanol–water partition coefficient (Wildman–Crippen LogP) is 2.46. The minimum absolute atomic E-state index is 0. The summed E-state index contributed by atoms with van der Waals surface area (Å²) in [6, 6.07) is 33.6. The molecular weight excluding hydrogens is 730 g/mol. The molecule has 2 atom stereocenters. The zero-order chi connectivity index (χ0) is 34.6. The van der Waals surface area contributed by atoms with Crippen molar-refractivity contribution in [3.63, 3.8) is 0 Å². The van der Waals surface area contributed by atoms with Crippen LogP contribution in [0.5, 0.6) is 0 Å². The molecule has 0 unspecified atom stereocenters. The molecule has 0 radical (unpaired) electrons. The van der Waals surface area contributed by atoms with Crippen LogP contribution in [0.25, 0.3) is 11.3 Å². The third-order valence-electron chi connectivity index (χ3n) is 8.19. The van der Waals surface area contributed by atoms with Crippen molar-refractivity contribution in [3.8, 4) is 11.3 Å². The summed E-state index contributed by atoms with van der Waals surface area (Å²) in [5.41, 5.74) is 3.95. The monoisotopic (exact) mass is 757 g/mol. The molecule has 51 heavy (non-hydrogen) atoms. The van der Waals surface area contributed by atoms with Crippen LogP contribution in [0.1, 0.15) is 33.2 Å². The Morgan fingerprint density at radius 3 is 2.12 bits per heavy atom. The van der Waals surface area contributed by atoms with Gasteiger partial charge in [-0.3, -0.25) is 14.5 Å². The summed E-state index contributed by atoms with van der Waals surface area (Å²) in [6.07, 6.45) is -0.601. The van der Waals surface area contributed by atoms with Crippen LogP contribution in [0.4, 0.5) is 0 Å². The van der Waals surface area contributed by atoms with Gasteiger partial charge in [0, 0.05) is 21.6 Å².